The van der Waals surface area contributed by atoms with E-state index in [9.17, 15) is 14.0 Å². The van der Waals surface area contributed by atoms with Crippen LogP contribution < -0.4 is 5.32 Å². The summed E-state index contributed by atoms with van der Waals surface area (Å²) in [5.41, 5.74) is -0.206. The van der Waals surface area contributed by atoms with Crippen molar-refractivity contribution in [2.24, 2.45) is 0 Å². The molecule has 0 aliphatic rings. The highest BCUT2D eigenvalue weighted by Crippen LogP contribution is 2.13. The quantitative estimate of drug-likeness (QED) is 0.806. The smallest absolute Gasteiger partial charge is 0.412 e. The van der Waals surface area contributed by atoms with Crippen LogP contribution in [0.15, 0.2) is 24.3 Å². The van der Waals surface area contributed by atoms with E-state index >= 15 is 0 Å². The first kappa shape index (κ1) is 13.2. The van der Waals surface area contributed by atoms with Gasteiger partial charge in [-0.2, -0.15) is 4.39 Å². The number of benzene rings is 1. The van der Waals surface area contributed by atoms with E-state index in [-0.39, 0.29) is 5.56 Å². The summed E-state index contributed by atoms with van der Waals surface area (Å²) in [6.45, 7) is 5.24. The summed E-state index contributed by atoms with van der Waals surface area (Å²) in [7, 11) is 0. The van der Waals surface area contributed by atoms with Crippen LogP contribution >= 0.6 is 0 Å². The van der Waals surface area contributed by atoms with Crippen LogP contribution in [0.2, 0.25) is 0 Å². The summed E-state index contributed by atoms with van der Waals surface area (Å²) in [6, 6.07) is 3.92. The highest BCUT2D eigenvalue weighted by atomic mass is 19.1. The zero-order valence-corrected chi connectivity index (χ0v) is 9.91. The second-order valence-electron chi connectivity index (χ2n) is 4.48. The van der Waals surface area contributed by atoms with Crippen molar-refractivity contribution in [1.29, 1.82) is 0 Å². The molecule has 92 valence electrons. The SMILES string of the molecule is CC(C)(C)OC(=O)Nc1ccc(C(=O)F)cc1. The molecule has 4 nitrogen and oxygen atoms in total. The van der Waals surface area contributed by atoms with Gasteiger partial charge in [0.25, 0.3) is 0 Å². The number of amides is 1. The van der Waals surface area contributed by atoms with Crippen LogP contribution in [-0.4, -0.2) is 17.7 Å². The number of nitrogens with one attached hydrogen (secondary N) is 1. The number of ether oxygens (including phenoxy) is 1. The lowest BCUT2D eigenvalue weighted by molar-refractivity contribution is 0.0635. The van der Waals surface area contributed by atoms with Gasteiger partial charge in [-0.15, -0.1) is 0 Å². The Morgan fingerprint density at radius 3 is 2.12 bits per heavy atom. The van der Waals surface area contributed by atoms with E-state index in [1.165, 1.54) is 24.3 Å². The molecule has 0 saturated heterocycles. The average Bonchev–Trinajstić information content (AvgIpc) is 2.15. The number of carbonyl (C=O) groups excluding carboxylic acids is 2. The van der Waals surface area contributed by atoms with Crippen molar-refractivity contribution in [2.45, 2.75) is 26.4 Å². The van der Waals surface area contributed by atoms with Crippen molar-refractivity contribution < 1.29 is 18.7 Å². The van der Waals surface area contributed by atoms with Gasteiger partial charge in [-0.25, -0.2) is 4.79 Å². The first-order valence-corrected chi connectivity index (χ1v) is 5.08. The average molecular weight is 239 g/mol. The maximum Gasteiger partial charge on any atom is 0.412 e. The molecule has 0 aliphatic heterocycles. The molecule has 0 atom stereocenters. The van der Waals surface area contributed by atoms with Gasteiger partial charge in [0.05, 0.1) is 5.56 Å². The molecule has 1 N–H and O–H groups in total. The van der Waals surface area contributed by atoms with Crippen molar-refractivity contribution in [3.8, 4) is 0 Å². The number of rotatable bonds is 2. The minimum absolute atomic E-state index is 0.0558. The third-order valence-corrected chi connectivity index (χ3v) is 1.76. The molecule has 5 heteroatoms. The van der Waals surface area contributed by atoms with Crippen LogP contribution in [0.3, 0.4) is 0 Å². The molecular formula is C12H14FNO3. The van der Waals surface area contributed by atoms with Crippen molar-refractivity contribution in [3.63, 3.8) is 0 Å². The summed E-state index contributed by atoms with van der Waals surface area (Å²) in [5, 5.41) is 2.47. The van der Waals surface area contributed by atoms with Gasteiger partial charge in [-0.1, -0.05) is 0 Å². The van der Waals surface area contributed by atoms with Crippen LogP contribution in [0, 0.1) is 0 Å². The van der Waals surface area contributed by atoms with E-state index in [1.807, 2.05) is 0 Å². The number of hydrogen-bond acceptors (Lipinski definition) is 3. The molecule has 0 saturated carbocycles. The van der Waals surface area contributed by atoms with Crippen molar-refractivity contribution >= 4 is 17.8 Å². The standard InChI is InChI=1S/C12H14FNO3/c1-12(2,3)17-11(16)14-9-6-4-8(5-7-9)10(13)15/h4-7H,1-3H3,(H,14,16). The van der Waals surface area contributed by atoms with Gasteiger partial charge in [0, 0.05) is 5.69 Å². The van der Waals surface area contributed by atoms with Crippen LogP contribution in [0.25, 0.3) is 0 Å². The van der Waals surface area contributed by atoms with Gasteiger partial charge in [0.15, 0.2) is 0 Å². The number of halogens is 1. The first-order valence-electron chi connectivity index (χ1n) is 5.08. The fourth-order valence-electron chi connectivity index (χ4n) is 1.11. The monoisotopic (exact) mass is 239 g/mol. The summed E-state index contributed by atoms with van der Waals surface area (Å²) in [5.74, 6) is 0. The lowest BCUT2D eigenvalue weighted by Gasteiger charge is -2.19. The molecule has 1 aromatic carbocycles. The molecule has 0 bridgehead atoms. The van der Waals surface area contributed by atoms with Crippen molar-refractivity contribution in [3.05, 3.63) is 29.8 Å². The van der Waals surface area contributed by atoms with E-state index < -0.39 is 17.7 Å². The van der Waals surface area contributed by atoms with Crippen LogP contribution in [0.1, 0.15) is 31.1 Å². The maximum atomic E-state index is 12.3. The Kier molecular flexibility index (Phi) is 3.83. The molecule has 0 spiro atoms. The Hall–Kier alpha value is -1.91. The second-order valence-corrected chi connectivity index (χ2v) is 4.48. The Morgan fingerprint density at radius 1 is 1.18 bits per heavy atom. The predicted molar refractivity (Wildman–Crippen MR) is 61.7 cm³/mol. The van der Waals surface area contributed by atoms with Gasteiger partial charge < -0.3 is 4.74 Å². The summed E-state index contributed by atoms with van der Waals surface area (Å²) >= 11 is 0. The molecule has 0 fully saturated rings. The predicted octanol–water partition coefficient (Wildman–Crippen LogP) is 3.14. The van der Waals surface area contributed by atoms with Gasteiger partial charge in [0.2, 0.25) is 0 Å². The molecule has 1 aromatic rings. The minimum Gasteiger partial charge on any atom is -0.444 e. The molecule has 0 aliphatic carbocycles. The molecule has 17 heavy (non-hydrogen) atoms. The third-order valence-electron chi connectivity index (χ3n) is 1.76. The molecule has 0 aromatic heterocycles. The van der Waals surface area contributed by atoms with E-state index in [1.54, 1.807) is 20.8 Å². The van der Waals surface area contributed by atoms with Gasteiger partial charge in [0.1, 0.15) is 5.60 Å². The maximum absolute atomic E-state index is 12.3. The molecule has 0 unspecified atom stereocenters. The van der Waals surface area contributed by atoms with Gasteiger partial charge in [-0.05, 0) is 45.0 Å². The topological polar surface area (TPSA) is 55.4 Å². The minimum atomic E-state index is -1.51. The van der Waals surface area contributed by atoms with Crippen LogP contribution in [0.5, 0.6) is 0 Å². The molecular weight excluding hydrogens is 225 g/mol. The highest BCUT2D eigenvalue weighted by molar-refractivity contribution is 5.90. The zero-order chi connectivity index (χ0) is 13.1. The van der Waals surface area contributed by atoms with E-state index in [0.717, 1.165) is 0 Å². The van der Waals surface area contributed by atoms with E-state index in [2.05, 4.69) is 5.32 Å². The van der Waals surface area contributed by atoms with E-state index in [0.29, 0.717) is 5.69 Å². The summed E-state index contributed by atoms with van der Waals surface area (Å²) in [6.07, 6.45) is -0.600. The zero-order valence-electron chi connectivity index (χ0n) is 9.91. The number of anilines is 1. The lowest BCUT2D eigenvalue weighted by Crippen LogP contribution is -2.27. The Labute approximate surface area is 98.8 Å². The highest BCUT2D eigenvalue weighted by Gasteiger charge is 2.16. The second kappa shape index (κ2) is 4.95. The third kappa shape index (κ3) is 4.63. The summed E-state index contributed by atoms with van der Waals surface area (Å²) < 4.78 is 17.3. The first-order chi connectivity index (χ1) is 7.78. The fraction of sp³-hybridized carbons (Fsp3) is 0.333. The molecule has 1 amide bonds. The van der Waals surface area contributed by atoms with Crippen LogP contribution in [-0.2, 0) is 4.74 Å². The van der Waals surface area contributed by atoms with Crippen molar-refractivity contribution in [2.75, 3.05) is 5.32 Å². The largest absolute Gasteiger partial charge is 0.444 e. The fourth-order valence-corrected chi connectivity index (χ4v) is 1.11. The molecule has 0 heterocycles. The molecule has 0 radical (unpaired) electrons. The van der Waals surface area contributed by atoms with Crippen molar-refractivity contribution in [1.82, 2.24) is 0 Å². The number of carbonyl (C=O) groups is 2. The Morgan fingerprint density at radius 2 is 1.71 bits per heavy atom. The lowest BCUT2D eigenvalue weighted by atomic mass is 10.2. The van der Waals surface area contributed by atoms with Crippen LogP contribution in [0.4, 0.5) is 14.9 Å². The van der Waals surface area contributed by atoms with E-state index in [4.69, 9.17) is 4.74 Å². The number of hydrogen-bond donors (Lipinski definition) is 1. The van der Waals surface area contributed by atoms with Gasteiger partial charge in [-0.3, -0.25) is 10.1 Å². The normalized spacial score (nSPS) is 10.8. The summed E-state index contributed by atoms with van der Waals surface area (Å²) in [4.78, 5) is 21.8. The molecule has 1 rings (SSSR count). The van der Waals surface area contributed by atoms with Gasteiger partial charge >= 0.3 is 12.1 Å². The Bertz CT molecular complexity index is 420. The Balaban J connectivity index is 2.64.